The summed E-state index contributed by atoms with van der Waals surface area (Å²) >= 11 is 0. The molecule has 0 heterocycles. The smallest absolute Gasteiger partial charge is 0.346 e. The third-order valence-corrected chi connectivity index (χ3v) is 6.13. The molecule has 0 aromatic heterocycles. The van der Waals surface area contributed by atoms with Crippen LogP contribution in [0.25, 0.3) is 0 Å². The average Bonchev–Trinajstić information content (AvgIpc) is 2.74. The Hall–Kier alpha value is -2.30. The molecule has 1 saturated carbocycles. The molecule has 2 aromatic rings. The molecule has 30 heavy (non-hydrogen) atoms. The highest BCUT2D eigenvalue weighted by molar-refractivity contribution is 5.91. The van der Waals surface area contributed by atoms with Crippen LogP contribution in [0.3, 0.4) is 0 Å². The molecule has 1 aliphatic rings. The first-order chi connectivity index (χ1) is 14.5. The van der Waals surface area contributed by atoms with Crippen LogP contribution in [0, 0.1) is 29.3 Å². The first kappa shape index (κ1) is 22.4. The van der Waals surface area contributed by atoms with Crippen molar-refractivity contribution >= 4 is 5.97 Å². The summed E-state index contributed by atoms with van der Waals surface area (Å²) in [7, 11) is 0. The van der Waals surface area contributed by atoms with E-state index in [4.69, 9.17) is 4.74 Å². The van der Waals surface area contributed by atoms with Gasteiger partial charge in [0.25, 0.3) is 0 Å². The maximum absolute atomic E-state index is 14.4. The molecule has 0 atom stereocenters. The lowest BCUT2D eigenvalue weighted by Crippen LogP contribution is -2.15. The fourth-order valence-electron chi connectivity index (χ4n) is 4.25. The average molecular weight is 418 g/mol. The van der Waals surface area contributed by atoms with Gasteiger partial charge < -0.3 is 4.74 Å². The van der Waals surface area contributed by atoms with E-state index < -0.39 is 23.4 Å². The van der Waals surface area contributed by atoms with E-state index in [0.29, 0.717) is 5.92 Å². The summed E-state index contributed by atoms with van der Waals surface area (Å²) in [6.07, 6.45) is 10.8. The van der Waals surface area contributed by atoms with E-state index in [1.54, 1.807) is 6.07 Å². The van der Waals surface area contributed by atoms with E-state index in [1.165, 1.54) is 57.1 Å². The van der Waals surface area contributed by atoms with Gasteiger partial charge >= 0.3 is 5.97 Å². The number of unbranched alkanes of at least 4 members (excludes halogenated alkanes) is 1. The molecule has 162 valence electrons. The standard InChI is InChI=1S/C25H29F3O2/c1-2-3-4-17-5-7-18(8-6-17)9-10-19-11-13-21(23(27)15-19)25(29)30-20-12-14-22(26)24(28)16-20/h11-18H,2-10H2,1H3. The molecule has 5 heteroatoms. The normalized spacial score (nSPS) is 18.9. The van der Waals surface area contributed by atoms with E-state index >= 15 is 0 Å². The monoisotopic (exact) mass is 418 g/mol. The third-order valence-electron chi connectivity index (χ3n) is 6.13. The second-order valence-corrected chi connectivity index (χ2v) is 8.35. The van der Waals surface area contributed by atoms with E-state index in [2.05, 4.69) is 6.92 Å². The zero-order valence-corrected chi connectivity index (χ0v) is 17.4. The van der Waals surface area contributed by atoms with Gasteiger partial charge in [-0.15, -0.1) is 0 Å². The molecule has 0 amide bonds. The lowest BCUT2D eigenvalue weighted by Gasteiger charge is -2.28. The molecule has 0 radical (unpaired) electrons. The summed E-state index contributed by atoms with van der Waals surface area (Å²) in [5, 5.41) is 0. The second kappa shape index (κ2) is 10.6. The largest absolute Gasteiger partial charge is 0.423 e. The van der Waals surface area contributed by atoms with E-state index in [1.807, 2.05) is 0 Å². The highest BCUT2D eigenvalue weighted by Crippen LogP contribution is 2.34. The van der Waals surface area contributed by atoms with Crippen LogP contribution in [0.4, 0.5) is 13.2 Å². The highest BCUT2D eigenvalue weighted by atomic mass is 19.2. The van der Waals surface area contributed by atoms with Crippen molar-refractivity contribution in [3.05, 3.63) is 65.0 Å². The summed E-state index contributed by atoms with van der Waals surface area (Å²) in [4.78, 5) is 12.2. The van der Waals surface area contributed by atoms with Crippen molar-refractivity contribution < 1.29 is 22.7 Å². The molecule has 0 spiro atoms. The number of rotatable bonds is 8. The molecule has 0 aliphatic heterocycles. The maximum atomic E-state index is 14.4. The summed E-state index contributed by atoms with van der Waals surface area (Å²) in [6, 6.07) is 7.24. The van der Waals surface area contributed by atoms with Gasteiger partial charge in [0.15, 0.2) is 11.6 Å². The molecule has 3 rings (SSSR count). The van der Waals surface area contributed by atoms with Crippen LogP contribution in [0.15, 0.2) is 36.4 Å². The van der Waals surface area contributed by atoms with E-state index in [-0.39, 0.29) is 11.3 Å². The minimum atomic E-state index is -1.13. The summed E-state index contributed by atoms with van der Waals surface area (Å²) < 4.78 is 45.6. The Morgan fingerprint density at radius 2 is 1.60 bits per heavy atom. The molecule has 2 aromatic carbocycles. The highest BCUT2D eigenvalue weighted by Gasteiger charge is 2.21. The summed E-state index contributed by atoms with van der Waals surface area (Å²) in [6.45, 7) is 2.23. The van der Waals surface area contributed by atoms with Crippen LogP contribution in [-0.4, -0.2) is 5.97 Å². The van der Waals surface area contributed by atoms with Crippen LogP contribution in [-0.2, 0) is 6.42 Å². The minimum absolute atomic E-state index is 0.170. The zero-order valence-electron chi connectivity index (χ0n) is 17.4. The number of carbonyl (C=O) groups is 1. The van der Waals surface area contributed by atoms with Crippen molar-refractivity contribution in [2.24, 2.45) is 11.8 Å². The van der Waals surface area contributed by atoms with Crippen LogP contribution >= 0.6 is 0 Å². The lowest BCUT2D eigenvalue weighted by molar-refractivity contribution is 0.0729. The Labute approximate surface area is 176 Å². The fourth-order valence-corrected chi connectivity index (χ4v) is 4.25. The van der Waals surface area contributed by atoms with Crippen LogP contribution in [0.5, 0.6) is 5.75 Å². The van der Waals surface area contributed by atoms with Gasteiger partial charge in [-0.25, -0.2) is 18.0 Å². The van der Waals surface area contributed by atoms with Gasteiger partial charge in [-0.05, 0) is 54.5 Å². The van der Waals surface area contributed by atoms with Crippen molar-refractivity contribution in [2.45, 2.75) is 64.7 Å². The Balaban J connectivity index is 1.51. The number of aryl methyl sites for hydroxylation is 1. The Bertz CT molecular complexity index is 857. The van der Waals surface area contributed by atoms with Crippen molar-refractivity contribution in [3.63, 3.8) is 0 Å². The second-order valence-electron chi connectivity index (χ2n) is 8.35. The number of ether oxygens (including phenoxy) is 1. The van der Waals surface area contributed by atoms with Gasteiger partial charge in [-0.2, -0.15) is 0 Å². The van der Waals surface area contributed by atoms with Crippen molar-refractivity contribution in [2.75, 3.05) is 0 Å². The number of halogens is 3. The number of hydrogen-bond donors (Lipinski definition) is 0. The van der Waals surface area contributed by atoms with Crippen molar-refractivity contribution in [1.82, 2.24) is 0 Å². The number of esters is 1. The molecule has 1 fully saturated rings. The molecular weight excluding hydrogens is 389 g/mol. The lowest BCUT2D eigenvalue weighted by atomic mass is 9.78. The molecule has 0 N–H and O–H groups in total. The van der Waals surface area contributed by atoms with Gasteiger partial charge in [0.1, 0.15) is 11.6 Å². The first-order valence-corrected chi connectivity index (χ1v) is 10.9. The van der Waals surface area contributed by atoms with Gasteiger partial charge in [-0.1, -0.05) is 57.9 Å². The number of hydrogen-bond acceptors (Lipinski definition) is 2. The molecule has 0 bridgehead atoms. The van der Waals surface area contributed by atoms with Crippen LogP contribution < -0.4 is 4.74 Å². The molecule has 0 saturated heterocycles. The van der Waals surface area contributed by atoms with Gasteiger partial charge in [0.2, 0.25) is 0 Å². The van der Waals surface area contributed by atoms with Crippen LogP contribution in [0.2, 0.25) is 0 Å². The number of carbonyl (C=O) groups excluding carboxylic acids is 1. The Morgan fingerprint density at radius 1 is 0.900 bits per heavy atom. The topological polar surface area (TPSA) is 26.3 Å². The molecule has 1 aliphatic carbocycles. The van der Waals surface area contributed by atoms with Gasteiger partial charge in [-0.3, -0.25) is 0 Å². The van der Waals surface area contributed by atoms with Crippen molar-refractivity contribution in [1.29, 1.82) is 0 Å². The van der Waals surface area contributed by atoms with E-state index in [0.717, 1.165) is 42.5 Å². The third kappa shape index (κ3) is 6.10. The summed E-state index contributed by atoms with van der Waals surface area (Å²) in [5.74, 6) is -2.38. The van der Waals surface area contributed by atoms with Gasteiger partial charge in [0, 0.05) is 6.07 Å². The molecule has 0 unspecified atom stereocenters. The van der Waals surface area contributed by atoms with Gasteiger partial charge in [0.05, 0.1) is 5.56 Å². The molecule has 2 nitrogen and oxygen atoms in total. The predicted octanol–water partition coefficient (Wildman–Crippen LogP) is 7.25. The quantitative estimate of drug-likeness (QED) is 0.333. The number of benzene rings is 2. The maximum Gasteiger partial charge on any atom is 0.346 e. The van der Waals surface area contributed by atoms with Crippen LogP contribution in [0.1, 0.15) is 74.2 Å². The van der Waals surface area contributed by atoms with Crippen molar-refractivity contribution in [3.8, 4) is 5.75 Å². The minimum Gasteiger partial charge on any atom is -0.423 e. The SMILES string of the molecule is CCCCC1CCC(CCc2ccc(C(=O)Oc3ccc(F)c(F)c3)c(F)c2)CC1. The fraction of sp³-hybridized carbons (Fsp3) is 0.480. The zero-order chi connectivity index (χ0) is 21.5. The molecular formula is C25H29F3O2. The predicted molar refractivity (Wildman–Crippen MR) is 111 cm³/mol. The Kier molecular flexibility index (Phi) is 7.94. The Morgan fingerprint density at radius 3 is 2.23 bits per heavy atom. The summed E-state index contributed by atoms with van der Waals surface area (Å²) in [5.41, 5.74) is 0.630. The van der Waals surface area contributed by atoms with E-state index in [9.17, 15) is 18.0 Å². The first-order valence-electron chi connectivity index (χ1n) is 10.9.